The molecule has 0 unspecified atom stereocenters. The quantitative estimate of drug-likeness (QED) is 0.818. The Hall–Kier alpha value is -2.24. The van der Waals surface area contributed by atoms with Crippen molar-refractivity contribution >= 4 is 17.5 Å². The molecule has 1 saturated heterocycles. The minimum Gasteiger partial charge on any atom is -0.497 e. The normalized spacial score (nSPS) is 17.5. The molecule has 1 heterocycles. The van der Waals surface area contributed by atoms with Crippen molar-refractivity contribution in [2.24, 2.45) is 0 Å². The number of ether oxygens (including phenoxy) is 3. The van der Waals surface area contributed by atoms with Crippen LogP contribution in [0.4, 0.5) is 0 Å². The Kier molecular flexibility index (Phi) is 5.46. The third kappa shape index (κ3) is 4.06. The zero-order chi connectivity index (χ0) is 17.8. The van der Waals surface area contributed by atoms with Crippen LogP contribution in [-0.2, 0) is 16.1 Å². The maximum Gasteiger partial charge on any atom is 0.249 e. The average Bonchev–Trinajstić information content (AvgIpc) is 2.64. The van der Waals surface area contributed by atoms with Crippen molar-refractivity contribution in [3.63, 3.8) is 0 Å². The second kappa shape index (κ2) is 7.76. The van der Waals surface area contributed by atoms with Gasteiger partial charge in [0.25, 0.3) is 0 Å². The molecule has 1 atom stereocenters. The number of rotatable bonds is 5. The summed E-state index contributed by atoms with van der Waals surface area (Å²) in [4.78, 5) is 14.1. The molecule has 0 aromatic heterocycles. The second-order valence-corrected chi connectivity index (χ2v) is 6.24. The fourth-order valence-electron chi connectivity index (χ4n) is 2.84. The van der Waals surface area contributed by atoms with E-state index in [-0.39, 0.29) is 18.6 Å². The van der Waals surface area contributed by atoms with E-state index in [2.05, 4.69) is 0 Å². The predicted octanol–water partition coefficient (Wildman–Crippen LogP) is 3.46. The molecule has 0 spiro atoms. The number of amides is 1. The summed E-state index contributed by atoms with van der Waals surface area (Å²) >= 11 is 5.94. The van der Waals surface area contributed by atoms with Crippen LogP contribution in [0, 0.1) is 0 Å². The number of morpholine rings is 1. The van der Waals surface area contributed by atoms with Crippen LogP contribution in [0.3, 0.4) is 0 Å². The molecule has 5 nitrogen and oxygen atoms in total. The standard InChI is InChI=1S/C19H20ClNO4/c1-23-16-8-5-14(17(9-16)24-2)10-21-11-18(25-12-19(21)22)13-3-6-15(20)7-4-13/h3-9,18H,10-12H2,1-2H3/t18-/m1/s1. The average molecular weight is 362 g/mol. The van der Waals surface area contributed by atoms with E-state index in [0.717, 1.165) is 11.1 Å². The van der Waals surface area contributed by atoms with Crippen LogP contribution in [0.25, 0.3) is 0 Å². The Labute approximate surface area is 152 Å². The van der Waals surface area contributed by atoms with Gasteiger partial charge in [-0.2, -0.15) is 0 Å². The summed E-state index contributed by atoms with van der Waals surface area (Å²) in [6.45, 7) is 1.00. The minimum atomic E-state index is -0.167. The number of carbonyl (C=O) groups is 1. The largest absolute Gasteiger partial charge is 0.497 e. The molecular weight excluding hydrogens is 342 g/mol. The van der Waals surface area contributed by atoms with Crippen molar-refractivity contribution < 1.29 is 19.0 Å². The van der Waals surface area contributed by atoms with Gasteiger partial charge in [0.2, 0.25) is 5.91 Å². The Bertz CT molecular complexity index is 748. The number of hydrogen-bond donors (Lipinski definition) is 0. The highest BCUT2D eigenvalue weighted by molar-refractivity contribution is 6.30. The number of carbonyl (C=O) groups excluding carboxylic acids is 1. The highest BCUT2D eigenvalue weighted by Crippen LogP contribution is 2.29. The fraction of sp³-hybridized carbons (Fsp3) is 0.316. The van der Waals surface area contributed by atoms with E-state index < -0.39 is 0 Å². The Morgan fingerprint density at radius 2 is 1.92 bits per heavy atom. The van der Waals surface area contributed by atoms with Gasteiger partial charge in [0.1, 0.15) is 24.2 Å². The Balaban J connectivity index is 1.77. The van der Waals surface area contributed by atoms with E-state index in [0.29, 0.717) is 29.6 Å². The van der Waals surface area contributed by atoms with Crippen LogP contribution in [-0.4, -0.2) is 38.2 Å². The molecule has 132 valence electrons. The van der Waals surface area contributed by atoms with Crippen molar-refractivity contribution in [1.29, 1.82) is 0 Å². The highest BCUT2D eigenvalue weighted by atomic mass is 35.5. The maximum atomic E-state index is 12.3. The van der Waals surface area contributed by atoms with Gasteiger partial charge in [-0.1, -0.05) is 23.7 Å². The van der Waals surface area contributed by atoms with Gasteiger partial charge in [0, 0.05) is 23.2 Å². The molecular formula is C19H20ClNO4. The SMILES string of the molecule is COc1ccc(CN2C[C@H](c3ccc(Cl)cc3)OCC2=O)c(OC)c1. The number of halogens is 1. The van der Waals surface area contributed by atoms with Gasteiger partial charge >= 0.3 is 0 Å². The van der Waals surface area contributed by atoms with E-state index in [1.54, 1.807) is 19.1 Å². The van der Waals surface area contributed by atoms with Crippen molar-refractivity contribution in [3.8, 4) is 11.5 Å². The summed E-state index contributed by atoms with van der Waals surface area (Å²) in [5.74, 6) is 1.37. The zero-order valence-electron chi connectivity index (χ0n) is 14.2. The topological polar surface area (TPSA) is 48.0 Å². The molecule has 3 rings (SSSR count). The first-order valence-corrected chi connectivity index (χ1v) is 8.34. The van der Waals surface area contributed by atoms with Gasteiger partial charge in [0.15, 0.2) is 0 Å². The number of methoxy groups -OCH3 is 2. The first-order chi connectivity index (χ1) is 12.1. The van der Waals surface area contributed by atoms with E-state index in [1.165, 1.54) is 0 Å². The van der Waals surface area contributed by atoms with Gasteiger partial charge in [0.05, 0.1) is 20.8 Å². The first-order valence-electron chi connectivity index (χ1n) is 7.96. The lowest BCUT2D eigenvalue weighted by Gasteiger charge is -2.33. The third-order valence-electron chi connectivity index (χ3n) is 4.24. The maximum absolute atomic E-state index is 12.3. The zero-order valence-corrected chi connectivity index (χ0v) is 15.0. The summed E-state index contributed by atoms with van der Waals surface area (Å²) in [5.41, 5.74) is 1.93. The first kappa shape index (κ1) is 17.6. The highest BCUT2D eigenvalue weighted by Gasteiger charge is 2.28. The molecule has 0 N–H and O–H groups in total. The Morgan fingerprint density at radius 1 is 1.16 bits per heavy atom. The lowest BCUT2D eigenvalue weighted by atomic mass is 10.1. The van der Waals surface area contributed by atoms with Crippen LogP contribution in [0.15, 0.2) is 42.5 Å². The van der Waals surface area contributed by atoms with Crippen molar-refractivity contribution in [3.05, 3.63) is 58.6 Å². The molecule has 2 aromatic rings. The van der Waals surface area contributed by atoms with Crippen molar-refractivity contribution in [2.75, 3.05) is 27.4 Å². The van der Waals surface area contributed by atoms with E-state index >= 15 is 0 Å². The molecule has 25 heavy (non-hydrogen) atoms. The van der Waals surface area contributed by atoms with E-state index in [4.69, 9.17) is 25.8 Å². The van der Waals surface area contributed by atoms with Gasteiger partial charge in [-0.05, 0) is 29.8 Å². The molecule has 1 aliphatic heterocycles. The molecule has 1 aliphatic rings. The predicted molar refractivity (Wildman–Crippen MR) is 95.1 cm³/mol. The lowest BCUT2D eigenvalue weighted by Crippen LogP contribution is -2.42. The van der Waals surface area contributed by atoms with Crippen molar-refractivity contribution in [1.82, 2.24) is 4.90 Å². The van der Waals surface area contributed by atoms with Crippen molar-refractivity contribution in [2.45, 2.75) is 12.6 Å². The van der Waals surface area contributed by atoms with Crippen LogP contribution in [0.1, 0.15) is 17.2 Å². The molecule has 0 aliphatic carbocycles. The summed E-state index contributed by atoms with van der Waals surface area (Å²) < 4.78 is 16.3. The Morgan fingerprint density at radius 3 is 2.60 bits per heavy atom. The van der Waals surface area contributed by atoms with E-state index in [1.807, 2.05) is 42.5 Å². The monoisotopic (exact) mass is 361 g/mol. The number of benzene rings is 2. The van der Waals surface area contributed by atoms with Gasteiger partial charge in [-0.25, -0.2) is 0 Å². The summed E-state index contributed by atoms with van der Waals surface area (Å²) in [5, 5.41) is 0.676. The van der Waals surface area contributed by atoms with E-state index in [9.17, 15) is 4.79 Å². The van der Waals surface area contributed by atoms with Gasteiger partial charge in [-0.15, -0.1) is 0 Å². The molecule has 2 aromatic carbocycles. The van der Waals surface area contributed by atoms with Gasteiger partial charge in [-0.3, -0.25) is 4.79 Å². The van der Waals surface area contributed by atoms with Crippen LogP contribution in [0.5, 0.6) is 11.5 Å². The third-order valence-corrected chi connectivity index (χ3v) is 4.50. The summed E-state index contributed by atoms with van der Waals surface area (Å²) in [6, 6.07) is 13.1. The molecule has 0 bridgehead atoms. The van der Waals surface area contributed by atoms with Gasteiger partial charge < -0.3 is 19.1 Å². The minimum absolute atomic E-state index is 0.0388. The van der Waals surface area contributed by atoms with Crippen LogP contribution >= 0.6 is 11.6 Å². The smallest absolute Gasteiger partial charge is 0.249 e. The molecule has 1 fully saturated rings. The fourth-order valence-corrected chi connectivity index (χ4v) is 2.96. The summed E-state index contributed by atoms with van der Waals surface area (Å²) in [6.07, 6.45) is -0.167. The van der Waals surface area contributed by atoms with Crippen LogP contribution < -0.4 is 9.47 Å². The molecule has 0 saturated carbocycles. The summed E-state index contributed by atoms with van der Waals surface area (Å²) in [7, 11) is 3.21. The second-order valence-electron chi connectivity index (χ2n) is 5.80. The number of nitrogens with zero attached hydrogens (tertiary/aromatic N) is 1. The number of hydrogen-bond acceptors (Lipinski definition) is 4. The van der Waals surface area contributed by atoms with Crippen LogP contribution in [0.2, 0.25) is 5.02 Å². The molecule has 6 heteroatoms. The molecule has 0 radical (unpaired) electrons. The molecule has 1 amide bonds. The lowest BCUT2D eigenvalue weighted by molar-refractivity contribution is -0.150.